The second-order valence-electron chi connectivity index (χ2n) is 9.32. The van der Waals surface area contributed by atoms with Gasteiger partial charge in [0.15, 0.2) is 11.6 Å². The second-order valence-corrected chi connectivity index (χ2v) is 9.72. The number of amides is 3. The highest BCUT2D eigenvalue weighted by Gasteiger charge is 2.52. The van der Waals surface area contributed by atoms with Crippen LogP contribution >= 0.6 is 11.6 Å². The molecule has 4 unspecified atom stereocenters. The summed E-state index contributed by atoms with van der Waals surface area (Å²) in [5.74, 6) is -1.52. The average molecular weight is 527 g/mol. The molecule has 2 aromatic carbocycles. The molecule has 0 aliphatic carbocycles. The number of hydrogen-bond acceptors (Lipinski definition) is 7. The Kier molecular flexibility index (Phi) is 8.11. The summed E-state index contributed by atoms with van der Waals surface area (Å²) in [6.07, 6.45) is 1.58. The molecule has 4 atom stereocenters. The fourth-order valence-corrected chi connectivity index (χ4v) is 5.04. The van der Waals surface area contributed by atoms with Crippen molar-refractivity contribution < 1.29 is 19.1 Å². The van der Waals surface area contributed by atoms with Gasteiger partial charge in [0.05, 0.1) is 29.1 Å². The zero-order valence-electron chi connectivity index (χ0n) is 20.7. The molecular weight excluding hydrogens is 496 g/mol. The molecule has 2 heterocycles. The van der Waals surface area contributed by atoms with Gasteiger partial charge in [-0.1, -0.05) is 35.9 Å². The van der Waals surface area contributed by atoms with Crippen LogP contribution in [0.1, 0.15) is 29.8 Å². The first-order valence-corrected chi connectivity index (χ1v) is 12.5. The maximum Gasteiger partial charge on any atom is 0.257 e. The molecule has 4 rings (SSSR count). The molecule has 0 spiro atoms. The van der Waals surface area contributed by atoms with Crippen molar-refractivity contribution in [3.8, 4) is 0 Å². The minimum atomic E-state index is -1.56. The predicted molar refractivity (Wildman–Crippen MR) is 142 cm³/mol. The molecule has 196 valence electrons. The van der Waals surface area contributed by atoms with Crippen molar-refractivity contribution in [2.75, 3.05) is 31.5 Å². The Balaban J connectivity index is 1.43. The number of ether oxygens (including phenoxy) is 1. The normalized spacial score (nSPS) is 25.3. The molecular formula is C26H31ClN6O4. The number of halogens is 1. The van der Waals surface area contributed by atoms with Gasteiger partial charge in [-0.25, -0.2) is 0 Å². The van der Waals surface area contributed by atoms with Crippen molar-refractivity contribution in [1.82, 2.24) is 15.5 Å². The summed E-state index contributed by atoms with van der Waals surface area (Å²) in [5.41, 5.74) is 5.53. The first kappa shape index (κ1) is 26.6. The van der Waals surface area contributed by atoms with E-state index in [1.54, 1.807) is 48.5 Å². The number of aliphatic imine (C=N–C) groups is 1. The van der Waals surface area contributed by atoms with Gasteiger partial charge in [0.2, 0.25) is 5.91 Å². The minimum Gasteiger partial charge on any atom is -0.373 e. The SMILES string of the molecule is CC1CN(CCNC(=O)C2N=CNC2(C(N)=O)c2ccc(NC(=O)c3ccccc3Cl)cc2)CC(C)O1. The number of carbonyl (C=O) groups excluding carboxylic acids is 3. The summed E-state index contributed by atoms with van der Waals surface area (Å²) in [5, 5.41) is 8.90. The zero-order valence-corrected chi connectivity index (χ0v) is 21.5. The largest absolute Gasteiger partial charge is 0.373 e. The highest BCUT2D eigenvalue weighted by molar-refractivity contribution is 6.34. The first-order chi connectivity index (χ1) is 17.7. The van der Waals surface area contributed by atoms with Crippen LogP contribution in [0.2, 0.25) is 5.02 Å². The Morgan fingerprint density at radius 1 is 1.14 bits per heavy atom. The number of carbonyl (C=O) groups is 3. The fraction of sp³-hybridized carbons (Fsp3) is 0.385. The standard InChI is InChI=1S/C26H31ClN6O4/c1-16-13-33(14-17(2)37-16)12-11-29-24(35)22-26(25(28)36,31-15-30-22)18-7-9-19(10-8-18)32-23(34)20-5-3-4-6-21(20)27/h3-10,15-17,22H,11-14H2,1-2H3,(H2,28,36)(H,29,35)(H,30,31)(H,32,34). The van der Waals surface area contributed by atoms with Crippen LogP contribution in [0.5, 0.6) is 0 Å². The summed E-state index contributed by atoms with van der Waals surface area (Å²) >= 11 is 6.11. The van der Waals surface area contributed by atoms with Crippen molar-refractivity contribution in [1.29, 1.82) is 0 Å². The molecule has 1 saturated heterocycles. The number of anilines is 1. The number of nitrogens with one attached hydrogen (secondary N) is 3. The second kappa shape index (κ2) is 11.3. The lowest BCUT2D eigenvalue weighted by Gasteiger charge is -2.35. The lowest BCUT2D eigenvalue weighted by Crippen LogP contribution is -2.60. The number of primary amides is 1. The van der Waals surface area contributed by atoms with Crippen LogP contribution in [-0.2, 0) is 19.9 Å². The molecule has 2 aliphatic heterocycles. The predicted octanol–water partition coefficient (Wildman–Crippen LogP) is 1.50. The van der Waals surface area contributed by atoms with E-state index in [1.807, 2.05) is 13.8 Å². The zero-order chi connectivity index (χ0) is 26.6. The van der Waals surface area contributed by atoms with Crippen molar-refractivity contribution in [2.24, 2.45) is 10.7 Å². The lowest BCUT2D eigenvalue weighted by molar-refractivity contribution is -0.131. The summed E-state index contributed by atoms with van der Waals surface area (Å²) in [7, 11) is 0. The molecule has 0 radical (unpaired) electrons. The number of nitrogens with two attached hydrogens (primary N) is 1. The molecule has 3 amide bonds. The molecule has 0 bridgehead atoms. The van der Waals surface area contributed by atoms with Gasteiger partial charge in [0.25, 0.3) is 11.8 Å². The van der Waals surface area contributed by atoms with Crippen molar-refractivity contribution in [3.05, 3.63) is 64.7 Å². The van der Waals surface area contributed by atoms with Crippen molar-refractivity contribution >= 4 is 41.3 Å². The van der Waals surface area contributed by atoms with Crippen LogP contribution in [-0.4, -0.2) is 73.4 Å². The van der Waals surface area contributed by atoms with E-state index in [2.05, 4.69) is 25.8 Å². The Labute approximate surface area is 220 Å². The Bertz CT molecular complexity index is 1180. The van der Waals surface area contributed by atoms with Gasteiger partial charge in [-0.15, -0.1) is 0 Å². The molecule has 37 heavy (non-hydrogen) atoms. The maximum atomic E-state index is 13.1. The van der Waals surface area contributed by atoms with Crippen molar-refractivity contribution in [2.45, 2.75) is 37.6 Å². The smallest absolute Gasteiger partial charge is 0.257 e. The molecule has 1 fully saturated rings. The highest BCUT2D eigenvalue weighted by Crippen LogP contribution is 2.31. The summed E-state index contributed by atoms with van der Waals surface area (Å²) in [4.78, 5) is 44.9. The fourth-order valence-electron chi connectivity index (χ4n) is 4.82. The third kappa shape index (κ3) is 5.76. The van der Waals surface area contributed by atoms with Crippen LogP contribution in [0, 0.1) is 0 Å². The van der Waals surface area contributed by atoms with E-state index >= 15 is 0 Å². The minimum absolute atomic E-state index is 0.128. The Morgan fingerprint density at radius 2 is 1.81 bits per heavy atom. The number of morpholine rings is 1. The van der Waals surface area contributed by atoms with E-state index in [-0.39, 0.29) is 18.1 Å². The molecule has 11 heteroatoms. The van der Waals surface area contributed by atoms with E-state index in [0.29, 0.717) is 34.9 Å². The van der Waals surface area contributed by atoms with E-state index in [4.69, 9.17) is 22.1 Å². The lowest BCUT2D eigenvalue weighted by atomic mass is 9.82. The van der Waals surface area contributed by atoms with E-state index in [0.717, 1.165) is 13.1 Å². The van der Waals surface area contributed by atoms with Gasteiger partial charge < -0.3 is 26.4 Å². The van der Waals surface area contributed by atoms with E-state index < -0.39 is 23.4 Å². The topological polar surface area (TPSA) is 138 Å². The van der Waals surface area contributed by atoms with E-state index in [9.17, 15) is 14.4 Å². The monoisotopic (exact) mass is 526 g/mol. The molecule has 0 aromatic heterocycles. The van der Waals surface area contributed by atoms with Gasteiger partial charge >= 0.3 is 0 Å². The molecule has 0 saturated carbocycles. The van der Waals surface area contributed by atoms with E-state index in [1.165, 1.54) is 6.34 Å². The number of benzene rings is 2. The number of rotatable bonds is 8. The molecule has 10 nitrogen and oxygen atoms in total. The third-order valence-electron chi connectivity index (χ3n) is 6.50. The highest BCUT2D eigenvalue weighted by atomic mass is 35.5. The van der Waals surface area contributed by atoms with Crippen LogP contribution in [0.25, 0.3) is 0 Å². The Morgan fingerprint density at radius 3 is 2.46 bits per heavy atom. The van der Waals surface area contributed by atoms with Gasteiger partial charge in [-0.2, -0.15) is 0 Å². The summed E-state index contributed by atoms with van der Waals surface area (Å²) < 4.78 is 5.75. The van der Waals surface area contributed by atoms with Gasteiger partial charge in [0, 0.05) is 31.9 Å². The number of nitrogens with zero attached hydrogens (tertiary/aromatic N) is 2. The third-order valence-corrected chi connectivity index (χ3v) is 6.83. The number of hydrogen-bond donors (Lipinski definition) is 4. The molecule has 2 aliphatic rings. The van der Waals surface area contributed by atoms with Crippen molar-refractivity contribution in [3.63, 3.8) is 0 Å². The molecule has 5 N–H and O–H groups in total. The van der Waals surface area contributed by atoms with Gasteiger partial charge in [-0.05, 0) is 43.7 Å². The van der Waals surface area contributed by atoms with Crippen LogP contribution in [0.3, 0.4) is 0 Å². The average Bonchev–Trinajstić information content (AvgIpc) is 3.31. The summed E-state index contributed by atoms with van der Waals surface area (Å²) in [6, 6.07) is 12.2. The van der Waals surface area contributed by atoms with Gasteiger partial charge in [0.1, 0.15) is 0 Å². The molecule has 2 aromatic rings. The maximum absolute atomic E-state index is 13.1. The van der Waals surface area contributed by atoms with Crippen LogP contribution in [0.15, 0.2) is 53.5 Å². The van der Waals surface area contributed by atoms with Crippen LogP contribution in [0.4, 0.5) is 5.69 Å². The van der Waals surface area contributed by atoms with Gasteiger partial charge in [-0.3, -0.25) is 24.3 Å². The summed E-state index contributed by atoms with van der Waals surface area (Å²) in [6.45, 7) is 6.66. The first-order valence-electron chi connectivity index (χ1n) is 12.1. The van der Waals surface area contributed by atoms with Crippen LogP contribution < -0.4 is 21.7 Å². The Hall–Kier alpha value is -3.47. The quantitative estimate of drug-likeness (QED) is 0.411.